The van der Waals surface area contributed by atoms with Crippen molar-refractivity contribution in [1.29, 1.82) is 0 Å². The molecule has 0 aliphatic heterocycles. The summed E-state index contributed by atoms with van der Waals surface area (Å²) in [6, 6.07) is 10.2. The molecule has 92 valence electrons. The molecule has 0 amide bonds. The predicted octanol–water partition coefficient (Wildman–Crippen LogP) is 3.79. The van der Waals surface area contributed by atoms with Crippen molar-refractivity contribution in [2.75, 3.05) is 0 Å². The normalized spacial score (nSPS) is 34.8. The zero-order valence-electron chi connectivity index (χ0n) is 10.5. The van der Waals surface area contributed by atoms with Crippen LogP contribution in [0.5, 0.6) is 0 Å². The molecule has 1 aromatic rings. The molecule has 2 aliphatic rings. The van der Waals surface area contributed by atoms with Gasteiger partial charge in [-0.3, -0.25) is 0 Å². The Morgan fingerprint density at radius 1 is 1.12 bits per heavy atom. The number of aliphatic hydroxyl groups excluding tert-OH is 1. The number of rotatable bonds is 3. The van der Waals surface area contributed by atoms with E-state index in [0.717, 1.165) is 23.3 Å². The Labute approximate surface area is 104 Å². The maximum absolute atomic E-state index is 10.5. The van der Waals surface area contributed by atoms with Crippen molar-refractivity contribution in [3.8, 4) is 0 Å². The van der Waals surface area contributed by atoms with E-state index in [1.165, 1.54) is 25.7 Å². The SMILES string of the molecule is CC(C(O)c1ccccc1)C1CC2CCC1C2. The lowest BCUT2D eigenvalue weighted by Gasteiger charge is -2.31. The minimum absolute atomic E-state index is 0.277. The van der Waals surface area contributed by atoms with Crippen molar-refractivity contribution in [1.82, 2.24) is 0 Å². The molecular weight excluding hydrogens is 208 g/mol. The summed E-state index contributed by atoms with van der Waals surface area (Å²) in [4.78, 5) is 0. The highest BCUT2D eigenvalue weighted by Crippen LogP contribution is 2.52. The van der Waals surface area contributed by atoms with E-state index in [0.29, 0.717) is 5.92 Å². The topological polar surface area (TPSA) is 20.2 Å². The van der Waals surface area contributed by atoms with Gasteiger partial charge < -0.3 is 5.11 Å². The number of hydrogen-bond donors (Lipinski definition) is 1. The molecular formula is C16H22O. The summed E-state index contributed by atoms with van der Waals surface area (Å²) in [7, 11) is 0. The number of hydrogen-bond acceptors (Lipinski definition) is 1. The second-order valence-electron chi connectivity index (χ2n) is 6.05. The van der Waals surface area contributed by atoms with Crippen LogP contribution >= 0.6 is 0 Å². The predicted molar refractivity (Wildman–Crippen MR) is 69.5 cm³/mol. The summed E-state index contributed by atoms with van der Waals surface area (Å²) in [5, 5.41) is 10.5. The average Bonchev–Trinajstić information content (AvgIpc) is 3.00. The van der Waals surface area contributed by atoms with Crippen LogP contribution in [0.15, 0.2) is 30.3 Å². The van der Waals surface area contributed by atoms with Gasteiger partial charge in [0.2, 0.25) is 0 Å². The van der Waals surface area contributed by atoms with Crippen molar-refractivity contribution < 1.29 is 5.11 Å². The van der Waals surface area contributed by atoms with E-state index in [2.05, 4.69) is 6.92 Å². The first-order valence-corrected chi connectivity index (χ1v) is 6.98. The summed E-state index contributed by atoms with van der Waals surface area (Å²) in [6.07, 6.45) is 5.35. The highest BCUT2D eigenvalue weighted by molar-refractivity contribution is 5.18. The summed E-state index contributed by atoms with van der Waals surface area (Å²) in [6.45, 7) is 2.24. The van der Waals surface area contributed by atoms with Crippen LogP contribution in [-0.2, 0) is 0 Å². The molecule has 0 aromatic heterocycles. The van der Waals surface area contributed by atoms with E-state index in [9.17, 15) is 5.11 Å². The summed E-state index contributed by atoms with van der Waals surface area (Å²) < 4.78 is 0. The Bertz CT molecular complexity index is 372. The third kappa shape index (κ3) is 2.01. The fraction of sp³-hybridized carbons (Fsp3) is 0.625. The van der Waals surface area contributed by atoms with Gasteiger partial charge >= 0.3 is 0 Å². The zero-order chi connectivity index (χ0) is 11.8. The molecule has 5 unspecified atom stereocenters. The standard InChI is InChI=1S/C16H22O/c1-11(15-10-12-7-8-14(15)9-12)16(17)13-5-3-2-4-6-13/h2-6,11-12,14-17H,7-10H2,1H3. The first-order valence-electron chi connectivity index (χ1n) is 6.98. The van der Waals surface area contributed by atoms with Crippen molar-refractivity contribution in [3.05, 3.63) is 35.9 Å². The lowest BCUT2D eigenvalue weighted by molar-refractivity contribution is 0.0618. The minimum Gasteiger partial charge on any atom is -0.388 e. The third-order valence-corrected chi connectivity index (χ3v) is 5.11. The van der Waals surface area contributed by atoms with Gasteiger partial charge in [-0.15, -0.1) is 0 Å². The summed E-state index contributed by atoms with van der Waals surface area (Å²) in [5.41, 5.74) is 1.09. The minimum atomic E-state index is -0.277. The Morgan fingerprint density at radius 2 is 1.88 bits per heavy atom. The molecule has 2 saturated carbocycles. The molecule has 2 fully saturated rings. The van der Waals surface area contributed by atoms with Crippen LogP contribution < -0.4 is 0 Å². The van der Waals surface area contributed by atoms with Crippen LogP contribution in [0.1, 0.15) is 44.3 Å². The van der Waals surface area contributed by atoms with Crippen LogP contribution in [0.25, 0.3) is 0 Å². The van der Waals surface area contributed by atoms with E-state index in [-0.39, 0.29) is 6.10 Å². The molecule has 2 aliphatic carbocycles. The maximum Gasteiger partial charge on any atom is 0.0818 e. The van der Waals surface area contributed by atoms with Gasteiger partial charge in [0.05, 0.1) is 6.10 Å². The molecule has 0 saturated heterocycles. The fourth-order valence-electron chi connectivity index (χ4n) is 4.13. The molecule has 1 heteroatoms. The second-order valence-corrected chi connectivity index (χ2v) is 6.05. The third-order valence-electron chi connectivity index (χ3n) is 5.11. The van der Waals surface area contributed by atoms with Gasteiger partial charge in [-0.25, -0.2) is 0 Å². The molecule has 2 bridgehead atoms. The van der Waals surface area contributed by atoms with Gasteiger partial charge in [0, 0.05) is 0 Å². The first kappa shape index (κ1) is 11.3. The lowest BCUT2D eigenvalue weighted by atomic mass is 9.76. The quantitative estimate of drug-likeness (QED) is 0.837. The van der Waals surface area contributed by atoms with Gasteiger partial charge in [0.15, 0.2) is 0 Å². The first-order chi connectivity index (χ1) is 8.25. The molecule has 0 radical (unpaired) electrons. The second kappa shape index (κ2) is 4.45. The van der Waals surface area contributed by atoms with Crippen LogP contribution in [-0.4, -0.2) is 5.11 Å². The van der Waals surface area contributed by atoms with Crippen molar-refractivity contribution in [3.63, 3.8) is 0 Å². The fourth-order valence-corrected chi connectivity index (χ4v) is 4.13. The van der Waals surface area contributed by atoms with E-state index in [1.807, 2.05) is 30.3 Å². The van der Waals surface area contributed by atoms with Crippen LogP contribution in [0.2, 0.25) is 0 Å². The van der Waals surface area contributed by atoms with Crippen molar-refractivity contribution in [2.24, 2.45) is 23.7 Å². The Hall–Kier alpha value is -0.820. The largest absolute Gasteiger partial charge is 0.388 e. The van der Waals surface area contributed by atoms with Gasteiger partial charge in [-0.1, -0.05) is 43.7 Å². The van der Waals surface area contributed by atoms with E-state index >= 15 is 0 Å². The van der Waals surface area contributed by atoms with Crippen LogP contribution in [0.3, 0.4) is 0 Å². The molecule has 5 atom stereocenters. The van der Waals surface area contributed by atoms with E-state index in [4.69, 9.17) is 0 Å². The average molecular weight is 230 g/mol. The molecule has 17 heavy (non-hydrogen) atoms. The molecule has 1 aromatic carbocycles. The van der Waals surface area contributed by atoms with Crippen molar-refractivity contribution >= 4 is 0 Å². The van der Waals surface area contributed by atoms with Gasteiger partial charge in [-0.2, -0.15) is 0 Å². The summed E-state index contributed by atoms with van der Waals surface area (Å²) >= 11 is 0. The Morgan fingerprint density at radius 3 is 2.47 bits per heavy atom. The van der Waals surface area contributed by atoms with Crippen molar-refractivity contribution in [2.45, 2.75) is 38.7 Å². The highest BCUT2D eigenvalue weighted by atomic mass is 16.3. The van der Waals surface area contributed by atoms with E-state index < -0.39 is 0 Å². The molecule has 3 rings (SSSR count). The Balaban J connectivity index is 1.72. The van der Waals surface area contributed by atoms with Crippen LogP contribution in [0.4, 0.5) is 0 Å². The van der Waals surface area contributed by atoms with Gasteiger partial charge in [0.1, 0.15) is 0 Å². The molecule has 1 N–H and O–H groups in total. The lowest BCUT2D eigenvalue weighted by Crippen LogP contribution is -2.24. The van der Waals surface area contributed by atoms with E-state index in [1.54, 1.807) is 0 Å². The molecule has 1 nitrogen and oxygen atoms in total. The van der Waals surface area contributed by atoms with Gasteiger partial charge in [-0.05, 0) is 48.5 Å². The maximum atomic E-state index is 10.5. The molecule has 0 spiro atoms. The number of fused-ring (bicyclic) bond motifs is 2. The Kier molecular flexibility index (Phi) is 2.96. The molecule has 0 heterocycles. The monoisotopic (exact) mass is 230 g/mol. The number of aliphatic hydroxyl groups is 1. The van der Waals surface area contributed by atoms with Gasteiger partial charge in [0.25, 0.3) is 0 Å². The summed E-state index contributed by atoms with van der Waals surface area (Å²) in [5.74, 6) is 3.03. The number of benzene rings is 1. The smallest absolute Gasteiger partial charge is 0.0818 e. The van der Waals surface area contributed by atoms with Crippen LogP contribution in [0, 0.1) is 23.7 Å². The highest BCUT2D eigenvalue weighted by Gasteiger charge is 2.43. The zero-order valence-corrected chi connectivity index (χ0v) is 10.5.